The van der Waals surface area contributed by atoms with Crippen molar-refractivity contribution in [3.8, 4) is 11.5 Å². The Bertz CT molecular complexity index is 1560. The van der Waals surface area contributed by atoms with Gasteiger partial charge < -0.3 is 9.05 Å². The fourth-order valence-corrected chi connectivity index (χ4v) is 11.0. The Morgan fingerprint density at radius 3 is 1.98 bits per heavy atom. The van der Waals surface area contributed by atoms with Crippen LogP contribution in [0.3, 0.4) is 0 Å². The second-order valence-corrected chi connectivity index (χ2v) is 17.6. The van der Waals surface area contributed by atoms with E-state index in [1.165, 1.54) is 5.57 Å². The number of phosphoric ester groups is 2. The standard InChI is InChI=1S/C35H44O8P2S2/c1-5-6-7-10-26-22-31(42-44(36)38-17-15-29(40-44)33-11-8-19-46-33)35(28-21-25(4)13-14-27(28)24(2)3)32(23-26)43-45(37)39-18-16-30(41-45)34-12-9-20-47-34/h8-9,11-12,19-23,27-30H,2,5-7,10,13-18H2,1,3-4H3. The molecule has 0 N–H and O–H groups in total. The highest BCUT2D eigenvalue weighted by Crippen LogP contribution is 2.62. The van der Waals surface area contributed by atoms with Gasteiger partial charge in [-0.3, -0.25) is 18.1 Å². The minimum Gasteiger partial charge on any atom is -0.404 e. The molecule has 0 amide bonds. The van der Waals surface area contributed by atoms with Gasteiger partial charge in [-0.15, -0.1) is 22.7 Å². The Labute approximate surface area is 286 Å². The molecule has 3 aromatic rings. The Kier molecular flexibility index (Phi) is 11.3. The van der Waals surface area contributed by atoms with Crippen LogP contribution in [0, 0.1) is 5.92 Å². The van der Waals surface area contributed by atoms with Gasteiger partial charge in [0.1, 0.15) is 23.7 Å². The van der Waals surface area contributed by atoms with Gasteiger partial charge in [0.05, 0.1) is 13.2 Å². The summed E-state index contributed by atoms with van der Waals surface area (Å²) in [6.07, 6.45) is 8.05. The highest BCUT2D eigenvalue weighted by Gasteiger charge is 2.43. The molecule has 0 saturated carbocycles. The van der Waals surface area contributed by atoms with E-state index < -0.39 is 27.9 Å². The molecule has 3 aliphatic rings. The van der Waals surface area contributed by atoms with Crippen LogP contribution in [0.5, 0.6) is 11.5 Å². The van der Waals surface area contributed by atoms with Gasteiger partial charge >= 0.3 is 15.6 Å². The van der Waals surface area contributed by atoms with Gasteiger partial charge in [-0.2, -0.15) is 0 Å². The highest BCUT2D eigenvalue weighted by molar-refractivity contribution is 7.49. The monoisotopic (exact) mass is 718 g/mol. The Balaban J connectivity index is 1.44. The van der Waals surface area contributed by atoms with Crippen molar-refractivity contribution in [3.05, 3.63) is 91.8 Å². The molecular formula is C35H44O8P2S2. The number of phosphoric acid groups is 2. The molecule has 2 fully saturated rings. The minimum atomic E-state index is -4.07. The second kappa shape index (κ2) is 15.3. The molecule has 2 aliphatic heterocycles. The summed E-state index contributed by atoms with van der Waals surface area (Å²) in [7, 11) is -8.13. The third-order valence-corrected chi connectivity index (χ3v) is 13.7. The first-order chi connectivity index (χ1) is 22.7. The summed E-state index contributed by atoms with van der Waals surface area (Å²) in [5.41, 5.74) is 3.72. The van der Waals surface area contributed by atoms with E-state index in [-0.39, 0.29) is 25.0 Å². The summed E-state index contributed by atoms with van der Waals surface area (Å²) in [5.74, 6) is 0.426. The Morgan fingerprint density at radius 1 is 0.915 bits per heavy atom. The first kappa shape index (κ1) is 34.8. The molecule has 4 heterocycles. The topological polar surface area (TPSA) is 89.5 Å². The van der Waals surface area contributed by atoms with Crippen LogP contribution in [0.2, 0.25) is 0 Å². The summed E-state index contributed by atoms with van der Waals surface area (Å²) in [6.45, 7) is 11.1. The molecule has 1 aliphatic carbocycles. The third-order valence-electron chi connectivity index (χ3n) is 8.86. The summed E-state index contributed by atoms with van der Waals surface area (Å²) >= 11 is 3.09. The lowest BCUT2D eigenvalue weighted by Gasteiger charge is -2.35. The molecule has 254 valence electrons. The number of hydrogen-bond donors (Lipinski definition) is 0. The maximum atomic E-state index is 14.3. The third kappa shape index (κ3) is 8.42. The molecule has 8 nitrogen and oxygen atoms in total. The van der Waals surface area contributed by atoms with Crippen molar-refractivity contribution < 1.29 is 36.3 Å². The van der Waals surface area contributed by atoms with Crippen LogP contribution in [0.15, 0.2) is 71.0 Å². The first-order valence-electron chi connectivity index (χ1n) is 16.5. The number of unbranched alkanes of at least 4 members (excludes halogenated alkanes) is 2. The van der Waals surface area contributed by atoms with E-state index in [1.807, 2.05) is 54.1 Å². The molecule has 2 aromatic heterocycles. The lowest BCUT2D eigenvalue weighted by molar-refractivity contribution is 0.0519. The van der Waals surface area contributed by atoms with Gasteiger partial charge in [-0.25, -0.2) is 9.13 Å². The average Bonchev–Trinajstić information content (AvgIpc) is 3.76. The minimum absolute atomic E-state index is 0.0373. The number of hydrogen-bond acceptors (Lipinski definition) is 10. The summed E-state index contributed by atoms with van der Waals surface area (Å²) < 4.78 is 65.2. The molecule has 12 heteroatoms. The van der Waals surface area contributed by atoms with Crippen LogP contribution >= 0.6 is 38.3 Å². The van der Waals surface area contributed by atoms with E-state index in [1.54, 1.807) is 22.7 Å². The molecular weight excluding hydrogens is 674 g/mol. The van der Waals surface area contributed by atoms with Crippen molar-refractivity contribution in [2.75, 3.05) is 13.2 Å². The van der Waals surface area contributed by atoms with E-state index in [0.29, 0.717) is 29.9 Å². The molecule has 6 rings (SSSR count). The van der Waals surface area contributed by atoms with Gasteiger partial charge in [0.2, 0.25) is 0 Å². The fraction of sp³-hybridized carbons (Fsp3) is 0.486. The van der Waals surface area contributed by atoms with Gasteiger partial charge in [0, 0.05) is 34.1 Å². The molecule has 0 bridgehead atoms. The van der Waals surface area contributed by atoms with E-state index >= 15 is 0 Å². The predicted molar refractivity (Wildman–Crippen MR) is 188 cm³/mol. The maximum absolute atomic E-state index is 14.3. The highest BCUT2D eigenvalue weighted by atomic mass is 32.1. The van der Waals surface area contributed by atoms with Gasteiger partial charge in [-0.1, -0.05) is 55.7 Å². The maximum Gasteiger partial charge on any atom is 0.530 e. The number of allylic oxidation sites excluding steroid dienone is 3. The van der Waals surface area contributed by atoms with Crippen molar-refractivity contribution in [1.82, 2.24) is 0 Å². The molecule has 1 aromatic carbocycles. The van der Waals surface area contributed by atoms with Crippen LogP contribution in [0.1, 0.15) is 105 Å². The zero-order valence-electron chi connectivity index (χ0n) is 27.3. The van der Waals surface area contributed by atoms with E-state index in [9.17, 15) is 9.13 Å². The lowest BCUT2D eigenvalue weighted by atomic mass is 9.73. The number of thiophene rings is 2. The van der Waals surface area contributed by atoms with Crippen molar-refractivity contribution >= 4 is 38.3 Å². The summed E-state index contributed by atoms with van der Waals surface area (Å²) in [4.78, 5) is 1.93. The normalized spacial score (nSPS) is 29.6. The molecule has 6 atom stereocenters. The Hall–Kier alpha value is -2.00. The van der Waals surface area contributed by atoms with Crippen LogP contribution in [0.25, 0.3) is 0 Å². The molecule has 0 spiro atoms. The van der Waals surface area contributed by atoms with Crippen LogP contribution < -0.4 is 9.05 Å². The summed E-state index contributed by atoms with van der Waals surface area (Å²) in [5, 5.41) is 3.94. The van der Waals surface area contributed by atoms with E-state index in [2.05, 4.69) is 26.5 Å². The first-order valence-corrected chi connectivity index (χ1v) is 21.1. The van der Waals surface area contributed by atoms with Crippen molar-refractivity contribution in [2.45, 2.75) is 90.3 Å². The fourth-order valence-electron chi connectivity index (χ4n) is 6.46. The zero-order chi connectivity index (χ0) is 33.0. The van der Waals surface area contributed by atoms with Crippen molar-refractivity contribution in [1.29, 1.82) is 0 Å². The smallest absolute Gasteiger partial charge is 0.404 e. The van der Waals surface area contributed by atoms with Gasteiger partial charge in [0.25, 0.3) is 0 Å². The predicted octanol–water partition coefficient (Wildman–Crippen LogP) is 11.9. The van der Waals surface area contributed by atoms with Gasteiger partial charge in [0.15, 0.2) is 0 Å². The average molecular weight is 719 g/mol. The number of aryl methyl sites for hydroxylation is 1. The van der Waals surface area contributed by atoms with Crippen molar-refractivity contribution in [3.63, 3.8) is 0 Å². The van der Waals surface area contributed by atoms with E-state index in [4.69, 9.17) is 27.1 Å². The van der Waals surface area contributed by atoms with Crippen molar-refractivity contribution in [2.24, 2.45) is 5.92 Å². The molecule has 47 heavy (non-hydrogen) atoms. The second-order valence-electron chi connectivity index (χ2n) is 12.5. The molecule has 2 saturated heterocycles. The van der Waals surface area contributed by atoms with Gasteiger partial charge in [-0.05, 0) is 86.0 Å². The quantitative estimate of drug-likeness (QED) is 0.104. The van der Waals surface area contributed by atoms with Crippen LogP contribution in [-0.2, 0) is 33.6 Å². The SMILES string of the molecule is C=C(C)C1CCC(C)=CC1c1c(OP2(=O)OCCC(c3cccs3)O2)cc(CCCCC)cc1OP1(=O)OCCC(c2cccs2)O1. The largest absolute Gasteiger partial charge is 0.530 e. The number of benzene rings is 1. The zero-order valence-corrected chi connectivity index (χ0v) is 30.7. The van der Waals surface area contributed by atoms with Crippen LogP contribution in [-0.4, -0.2) is 13.2 Å². The summed E-state index contributed by atoms with van der Waals surface area (Å²) in [6, 6.07) is 11.7. The lowest BCUT2D eigenvalue weighted by Crippen LogP contribution is -2.21. The molecule has 0 radical (unpaired) electrons. The molecule has 6 unspecified atom stereocenters. The number of rotatable bonds is 12. The van der Waals surface area contributed by atoms with Crippen LogP contribution in [0.4, 0.5) is 0 Å². The Morgan fingerprint density at radius 2 is 1.49 bits per heavy atom. The van der Waals surface area contributed by atoms with E-state index in [0.717, 1.165) is 59.4 Å².